The first-order valence-electron chi connectivity index (χ1n) is 7.37. The monoisotopic (exact) mass is 276 g/mol. The minimum Gasteiger partial charge on any atom is -0.342 e. The molecule has 1 aliphatic rings. The molecule has 1 atom stereocenters. The van der Waals surface area contributed by atoms with Crippen molar-refractivity contribution in [2.75, 3.05) is 31.1 Å². The Morgan fingerprint density at radius 2 is 2.35 bits per heavy atom. The van der Waals surface area contributed by atoms with Gasteiger partial charge in [0.25, 0.3) is 0 Å². The van der Waals surface area contributed by atoms with E-state index in [0.29, 0.717) is 5.92 Å². The zero-order chi connectivity index (χ0) is 13.9. The Morgan fingerprint density at radius 1 is 1.45 bits per heavy atom. The van der Waals surface area contributed by atoms with Crippen LogP contribution in [-0.2, 0) is 0 Å². The zero-order valence-electron chi connectivity index (χ0n) is 11.8. The lowest BCUT2D eigenvalue weighted by atomic mass is 9.99. The SMILES string of the molecule is CCN(CC1CCCNC1)c1nc2ccc(F)cc2[nH]1. The first-order valence-corrected chi connectivity index (χ1v) is 7.37. The van der Waals surface area contributed by atoms with Gasteiger partial charge in [0.15, 0.2) is 0 Å². The number of anilines is 1. The van der Waals surface area contributed by atoms with Crippen LogP contribution >= 0.6 is 0 Å². The summed E-state index contributed by atoms with van der Waals surface area (Å²) in [4.78, 5) is 10.1. The summed E-state index contributed by atoms with van der Waals surface area (Å²) in [6.07, 6.45) is 2.51. The molecular weight excluding hydrogens is 255 g/mol. The number of rotatable bonds is 4. The summed E-state index contributed by atoms with van der Waals surface area (Å²) in [5.41, 5.74) is 1.59. The van der Waals surface area contributed by atoms with Crippen molar-refractivity contribution in [3.63, 3.8) is 0 Å². The number of nitrogens with one attached hydrogen (secondary N) is 2. The minimum absolute atomic E-state index is 0.229. The molecule has 108 valence electrons. The third-order valence-corrected chi connectivity index (χ3v) is 3.99. The standard InChI is InChI=1S/C15H21FN4/c1-2-20(10-11-4-3-7-17-9-11)15-18-13-6-5-12(16)8-14(13)19-15/h5-6,8,11,17H,2-4,7,9-10H2,1H3,(H,18,19). The summed E-state index contributed by atoms with van der Waals surface area (Å²) >= 11 is 0. The van der Waals surface area contributed by atoms with Crippen LogP contribution in [0.25, 0.3) is 11.0 Å². The van der Waals surface area contributed by atoms with Crippen LogP contribution in [0.3, 0.4) is 0 Å². The van der Waals surface area contributed by atoms with Crippen LogP contribution in [0.15, 0.2) is 18.2 Å². The molecule has 1 saturated heterocycles. The quantitative estimate of drug-likeness (QED) is 0.902. The summed E-state index contributed by atoms with van der Waals surface area (Å²) < 4.78 is 13.2. The number of H-pyrrole nitrogens is 1. The highest BCUT2D eigenvalue weighted by Crippen LogP contribution is 2.20. The van der Waals surface area contributed by atoms with E-state index < -0.39 is 0 Å². The highest BCUT2D eigenvalue weighted by molar-refractivity contribution is 5.77. The number of nitrogens with zero attached hydrogens (tertiary/aromatic N) is 2. The summed E-state index contributed by atoms with van der Waals surface area (Å²) in [7, 11) is 0. The number of piperidine rings is 1. The van der Waals surface area contributed by atoms with Crippen LogP contribution in [0.1, 0.15) is 19.8 Å². The number of benzene rings is 1. The molecule has 0 bridgehead atoms. The highest BCUT2D eigenvalue weighted by atomic mass is 19.1. The smallest absolute Gasteiger partial charge is 0.203 e. The molecule has 2 heterocycles. The topological polar surface area (TPSA) is 44.0 Å². The molecule has 1 aromatic carbocycles. The number of hydrogen-bond donors (Lipinski definition) is 2. The van der Waals surface area contributed by atoms with Gasteiger partial charge in [-0.3, -0.25) is 0 Å². The van der Waals surface area contributed by atoms with Gasteiger partial charge in [0.05, 0.1) is 11.0 Å². The molecule has 0 saturated carbocycles. The van der Waals surface area contributed by atoms with Crippen molar-refractivity contribution in [3.05, 3.63) is 24.0 Å². The fourth-order valence-electron chi connectivity index (χ4n) is 2.87. The average Bonchev–Trinajstić information content (AvgIpc) is 2.88. The van der Waals surface area contributed by atoms with Crippen molar-refractivity contribution in [2.24, 2.45) is 5.92 Å². The Hall–Kier alpha value is -1.62. The predicted octanol–water partition coefficient (Wildman–Crippen LogP) is 2.53. The lowest BCUT2D eigenvalue weighted by molar-refractivity contribution is 0.377. The highest BCUT2D eigenvalue weighted by Gasteiger charge is 2.18. The second-order valence-corrected chi connectivity index (χ2v) is 5.47. The molecule has 1 fully saturated rings. The first kappa shape index (κ1) is 13.4. The molecule has 0 spiro atoms. The number of imidazole rings is 1. The molecule has 1 aliphatic heterocycles. The lowest BCUT2D eigenvalue weighted by Gasteiger charge is -2.29. The van der Waals surface area contributed by atoms with Crippen LogP contribution in [0.5, 0.6) is 0 Å². The fraction of sp³-hybridized carbons (Fsp3) is 0.533. The van der Waals surface area contributed by atoms with E-state index in [4.69, 9.17) is 0 Å². The van der Waals surface area contributed by atoms with E-state index in [0.717, 1.165) is 43.2 Å². The van der Waals surface area contributed by atoms with Gasteiger partial charge in [-0.05, 0) is 57.0 Å². The van der Waals surface area contributed by atoms with Crippen LogP contribution < -0.4 is 10.2 Å². The van der Waals surface area contributed by atoms with E-state index in [9.17, 15) is 4.39 Å². The van der Waals surface area contributed by atoms with Crippen molar-refractivity contribution in [1.29, 1.82) is 0 Å². The first-order chi connectivity index (χ1) is 9.76. The third-order valence-electron chi connectivity index (χ3n) is 3.99. The van der Waals surface area contributed by atoms with Gasteiger partial charge in [0, 0.05) is 13.1 Å². The van der Waals surface area contributed by atoms with Crippen molar-refractivity contribution in [1.82, 2.24) is 15.3 Å². The Balaban J connectivity index is 1.79. The van der Waals surface area contributed by atoms with E-state index in [1.807, 2.05) is 0 Å². The second-order valence-electron chi connectivity index (χ2n) is 5.47. The number of fused-ring (bicyclic) bond motifs is 1. The minimum atomic E-state index is -0.229. The molecule has 5 heteroatoms. The number of hydrogen-bond acceptors (Lipinski definition) is 3. The number of aromatic nitrogens is 2. The molecule has 3 rings (SSSR count). The molecule has 0 amide bonds. The number of aromatic amines is 1. The van der Waals surface area contributed by atoms with Crippen LogP contribution in [-0.4, -0.2) is 36.1 Å². The van der Waals surface area contributed by atoms with Crippen molar-refractivity contribution >= 4 is 17.0 Å². The molecule has 0 radical (unpaired) electrons. The summed E-state index contributed by atoms with van der Waals surface area (Å²) in [6.45, 7) is 6.23. The van der Waals surface area contributed by atoms with E-state index in [1.165, 1.54) is 25.0 Å². The van der Waals surface area contributed by atoms with Gasteiger partial charge in [0.1, 0.15) is 5.82 Å². The Labute approximate surface area is 118 Å². The zero-order valence-corrected chi connectivity index (χ0v) is 11.8. The fourth-order valence-corrected chi connectivity index (χ4v) is 2.87. The molecule has 2 aromatic rings. The Bertz CT molecular complexity index is 574. The molecule has 1 aromatic heterocycles. The maximum absolute atomic E-state index is 13.2. The average molecular weight is 276 g/mol. The normalized spacial score (nSPS) is 19.4. The van der Waals surface area contributed by atoms with Crippen molar-refractivity contribution in [3.8, 4) is 0 Å². The van der Waals surface area contributed by atoms with E-state index in [2.05, 4.69) is 27.1 Å². The van der Waals surface area contributed by atoms with Crippen LogP contribution in [0.2, 0.25) is 0 Å². The Morgan fingerprint density at radius 3 is 3.10 bits per heavy atom. The molecule has 20 heavy (non-hydrogen) atoms. The third kappa shape index (κ3) is 2.77. The van der Waals surface area contributed by atoms with Gasteiger partial charge in [-0.15, -0.1) is 0 Å². The molecular formula is C15H21FN4. The van der Waals surface area contributed by atoms with Gasteiger partial charge < -0.3 is 15.2 Å². The largest absolute Gasteiger partial charge is 0.342 e. The lowest BCUT2D eigenvalue weighted by Crippen LogP contribution is -2.38. The van der Waals surface area contributed by atoms with Crippen molar-refractivity contribution in [2.45, 2.75) is 19.8 Å². The summed E-state index contributed by atoms with van der Waals surface area (Å²) in [6, 6.07) is 4.68. The van der Waals surface area contributed by atoms with Crippen LogP contribution in [0.4, 0.5) is 10.3 Å². The van der Waals surface area contributed by atoms with Gasteiger partial charge in [0.2, 0.25) is 5.95 Å². The van der Waals surface area contributed by atoms with Gasteiger partial charge >= 0.3 is 0 Å². The van der Waals surface area contributed by atoms with Gasteiger partial charge in [-0.1, -0.05) is 0 Å². The molecule has 1 unspecified atom stereocenters. The molecule has 4 nitrogen and oxygen atoms in total. The second kappa shape index (κ2) is 5.79. The maximum atomic E-state index is 13.2. The summed E-state index contributed by atoms with van der Waals surface area (Å²) in [5, 5.41) is 3.44. The predicted molar refractivity (Wildman–Crippen MR) is 79.5 cm³/mol. The van der Waals surface area contributed by atoms with Crippen molar-refractivity contribution < 1.29 is 4.39 Å². The number of halogens is 1. The maximum Gasteiger partial charge on any atom is 0.203 e. The molecule has 0 aliphatic carbocycles. The van der Waals surface area contributed by atoms with Gasteiger partial charge in [-0.2, -0.15) is 0 Å². The summed E-state index contributed by atoms with van der Waals surface area (Å²) in [5.74, 6) is 1.28. The van der Waals surface area contributed by atoms with E-state index in [-0.39, 0.29) is 5.82 Å². The molecule has 2 N–H and O–H groups in total. The van der Waals surface area contributed by atoms with Gasteiger partial charge in [-0.25, -0.2) is 9.37 Å². The van der Waals surface area contributed by atoms with Crippen LogP contribution in [0, 0.1) is 11.7 Å². The van der Waals surface area contributed by atoms with E-state index in [1.54, 1.807) is 6.07 Å². The Kier molecular flexibility index (Phi) is 3.87. The van der Waals surface area contributed by atoms with E-state index >= 15 is 0 Å².